The fourth-order valence-electron chi connectivity index (χ4n) is 1.66. The van der Waals surface area contributed by atoms with Crippen LogP contribution in [0.3, 0.4) is 0 Å². The van der Waals surface area contributed by atoms with Gasteiger partial charge in [-0.1, -0.05) is 23.9 Å². The van der Waals surface area contributed by atoms with Crippen LogP contribution in [-0.4, -0.2) is 16.1 Å². The van der Waals surface area contributed by atoms with Gasteiger partial charge < -0.3 is 5.32 Å². The monoisotopic (exact) mass is 346 g/mol. The average Bonchev–Trinajstić information content (AvgIpc) is 2.83. The van der Waals surface area contributed by atoms with E-state index in [2.05, 4.69) is 10.3 Å². The second-order valence-electron chi connectivity index (χ2n) is 4.55. The standard InChI is InChI=1S/C14H13F3N2OS2/c1-8-7-21-13(18-8)22-9(2)12(20)19-11-6-4-3-5-10(11)14(15,16)17/h3-7,9H,1-2H3,(H,19,20)/t9-/m0/s1. The molecule has 2 rings (SSSR count). The number of aryl methyl sites for hydroxylation is 1. The normalized spacial score (nSPS) is 13.0. The van der Waals surface area contributed by atoms with Crippen molar-refractivity contribution in [1.82, 2.24) is 4.98 Å². The number of alkyl halides is 3. The van der Waals surface area contributed by atoms with E-state index in [0.717, 1.165) is 11.8 Å². The van der Waals surface area contributed by atoms with Crippen molar-refractivity contribution < 1.29 is 18.0 Å². The van der Waals surface area contributed by atoms with E-state index in [1.807, 2.05) is 12.3 Å². The Morgan fingerprint density at radius 2 is 2.05 bits per heavy atom. The molecule has 118 valence electrons. The Labute approximate surface area is 134 Å². The molecular weight excluding hydrogens is 333 g/mol. The number of carbonyl (C=O) groups excluding carboxylic acids is 1. The summed E-state index contributed by atoms with van der Waals surface area (Å²) in [6.45, 7) is 3.47. The number of rotatable bonds is 4. The van der Waals surface area contributed by atoms with Crippen LogP contribution in [0.2, 0.25) is 0 Å². The third kappa shape index (κ3) is 4.23. The van der Waals surface area contributed by atoms with Crippen LogP contribution in [0.15, 0.2) is 34.0 Å². The van der Waals surface area contributed by atoms with E-state index in [4.69, 9.17) is 0 Å². The Balaban J connectivity index is 2.09. The van der Waals surface area contributed by atoms with Crippen LogP contribution < -0.4 is 5.32 Å². The first-order chi connectivity index (χ1) is 10.3. The Kier molecular flexibility index (Phi) is 5.12. The molecular formula is C14H13F3N2OS2. The maximum atomic E-state index is 12.9. The van der Waals surface area contributed by atoms with Crippen molar-refractivity contribution in [2.75, 3.05) is 5.32 Å². The summed E-state index contributed by atoms with van der Waals surface area (Å²) in [6, 6.07) is 4.92. The van der Waals surface area contributed by atoms with Crippen LogP contribution in [0.5, 0.6) is 0 Å². The molecule has 8 heteroatoms. The van der Waals surface area contributed by atoms with Gasteiger partial charge in [0.25, 0.3) is 0 Å². The fraction of sp³-hybridized carbons (Fsp3) is 0.286. The Hall–Kier alpha value is -1.54. The van der Waals surface area contributed by atoms with Crippen LogP contribution in [0.4, 0.5) is 18.9 Å². The van der Waals surface area contributed by atoms with Gasteiger partial charge in [-0.25, -0.2) is 4.98 Å². The number of aromatic nitrogens is 1. The highest BCUT2D eigenvalue weighted by Crippen LogP contribution is 2.35. The largest absolute Gasteiger partial charge is 0.418 e. The van der Waals surface area contributed by atoms with Gasteiger partial charge in [-0.05, 0) is 26.0 Å². The Morgan fingerprint density at radius 1 is 1.36 bits per heavy atom. The fourth-order valence-corrected chi connectivity index (χ4v) is 3.65. The molecule has 1 N–H and O–H groups in total. The Morgan fingerprint density at radius 3 is 2.64 bits per heavy atom. The van der Waals surface area contributed by atoms with Gasteiger partial charge in [-0.15, -0.1) is 11.3 Å². The van der Waals surface area contributed by atoms with Crippen molar-refractivity contribution in [2.24, 2.45) is 0 Å². The van der Waals surface area contributed by atoms with Gasteiger partial charge in [0.1, 0.15) is 0 Å². The van der Waals surface area contributed by atoms with Crippen molar-refractivity contribution >= 4 is 34.7 Å². The minimum absolute atomic E-state index is 0.234. The van der Waals surface area contributed by atoms with Gasteiger partial charge in [-0.2, -0.15) is 13.2 Å². The summed E-state index contributed by atoms with van der Waals surface area (Å²) in [6.07, 6.45) is -4.51. The van der Waals surface area contributed by atoms with Crippen LogP contribution in [0.1, 0.15) is 18.2 Å². The van der Waals surface area contributed by atoms with Crippen LogP contribution >= 0.6 is 23.1 Å². The van der Waals surface area contributed by atoms with E-state index in [1.165, 1.54) is 41.3 Å². The first kappa shape index (κ1) is 16.8. The molecule has 0 aliphatic carbocycles. The lowest BCUT2D eigenvalue weighted by Crippen LogP contribution is -2.24. The lowest BCUT2D eigenvalue weighted by Gasteiger charge is -2.15. The second kappa shape index (κ2) is 6.70. The predicted octanol–water partition coefficient (Wildman–Crippen LogP) is 4.59. The summed E-state index contributed by atoms with van der Waals surface area (Å²) in [5.41, 5.74) is -0.240. The lowest BCUT2D eigenvalue weighted by molar-refractivity contribution is -0.137. The third-order valence-electron chi connectivity index (χ3n) is 2.74. The SMILES string of the molecule is Cc1csc(S[C@@H](C)C(=O)Nc2ccccc2C(F)(F)F)n1. The van der Waals surface area contributed by atoms with Crippen LogP contribution in [0.25, 0.3) is 0 Å². The molecule has 1 aromatic heterocycles. The number of hydrogen-bond donors (Lipinski definition) is 1. The van der Waals surface area contributed by atoms with Gasteiger partial charge >= 0.3 is 6.18 Å². The van der Waals surface area contributed by atoms with Gasteiger partial charge in [0, 0.05) is 11.1 Å². The van der Waals surface area contributed by atoms with Crippen molar-refractivity contribution in [3.8, 4) is 0 Å². The van der Waals surface area contributed by atoms with Crippen LogP contribution in [0, 0.1) is 6.92 Å². The molecule has 0 radical (unpaired) electrons. The molecule has 1 atom stereocenters. The summed E-state index contributed by atoms with van der Waals surface area (Å²) < 4.78 is 39.4. The van der Waals surface area contributed by atoms with E-state index >= 15 is 0 Å². The van der Waals surface area contributed by atoms with E-state index < -0.39 is 22.9 Å². The zero-order valence-corrected chi connectivity index (χ0v) is 13.4. The number of benzene rings is 1. The first-order valence-electron chi connectivity index (χ1n) is 6.33. The molecule has 0 aliphatic rings. The number of nitrogens with one attached hydrogen (secondary N) is 1. The van der Waals surface area contributed by atoms with E-state index in [-0.39, 0.29) is 5.69 Å². The van der Waals surface area contributed by atoms with E-state index in [0.29, 0.717) is 4.34 Å². The molecule has 1 heterocycles. The number of para-hydroxylation sites is 1. The van der Waals surface area contributed by atoms with E-state index in [1.54, 1.807) is 6.92 Å². The first-order valence-corrected chi connectivity index (χ1v) is 8.09. The van der Waals surface area contributed by atoms with Gasteiger partial charge in [0.05, 0.1) is 16.5 Å². The van der Waals surface area contributed by atoms with Crippen molar-refractivity contribution in [2.45, 2.75) is 29.6 Å². The molecule has 3 nitrogen and oxygen atoms in total. The highest BCUT2D eigenvalue weighted by Gasteiger charge is 2.33. The quantitative estimate of drug-likeness (QED) is 0.824. The smallest absolute Gasteiger partial charge is 0.325 e. The molecule has 0 aliphatic heterocycles. The maximum Gasteiger partial charge on any atom is 0.418 e. The number of carbonyl (C=O) groups is 1. The minimum atomic E-state index is -4.51. The number of amides is 1. The summed E-state index contributed by atoms with van der Waals surface area (Å²) >= 11 is 2.62. The number of hydrogen-bond acceptors (Lipinski definition) is 4. The molecule has 2 aromatic rings. The molecule has 1 aromatic carbocycles. The summed E-state index contributed by atoms with van der Waals surface area (Å²) in [7, 11) is 0. The summed E-state index contributed by atoms with van der Waals surface area (Å²) in [5.74, 6) is -0.491. The number of anilines is 1. The third-order valence-corrected chi connectivity index (χ3v) is 4.92. The Bertz CT molecular complexity index is 670. The highest BCUT2D eigenvalue weighted by atomic mass is 32.2. The number of nitrogens with zero attached hydrogens (tertiary/aromatic N) is 1. The average molecular weight is 346 g/mol. The summed E-state index contributed by atoms with van der Waals surface area (Å²) in [4.78, 5) is 16.3. The molecule has 0 fully saturated rings. The maximum absolute atomic E-state index is 12.9. The molecule has 1 amide bonds. The van der Waals surface area contributed by atoms with E-state index in [9.17, 15) is 18.0 Å². The molecule has 22 heavy (non-hydrogen) atoms. The zero-order valence-electron chi connectivity index (χ0n) is 11.8. The number of thiazole rings is 1. The van der Waals surface area contributed by atoms with Crippen molar-refractivity contribution in [3.63, 3.8) is 0 Å². The van der Waals surface area contributed by atoms with Crippen molar-refractivity contribution in [3.05, 3.63) is 40.9 Å². The topological polar surface area (TPSA) is 42.0 Å². The highest BCUT2D eigenvalue weighted by molar-refractivity contribution is 8.02. The zero-order chi connectivity index (χ0) is 16.3. The minimum Gasteiger partial charge on any atom is -0.325 e. The number of halogens is 3. The molecule has 0 spiro atoms. The van der Waals surface area contributed by atoms with Gasteiger partial charge in [-0.3, -0.25) is 4.79 Å². The molecule has 0 saturated heterocycles. The summed E-state index contributed by atoms with van der Waals surface area (Å²) in [5, 5.41) is 3.64. The molecule has 0 bridgehead atoms. The molecule has 0 saturated carbocycles. The van der Waals surface area contributed by atoms with Gasteiger partial charge in [0.15, 0.2) is 4.34 Å². The lowest BCUT2D eigenvalue weighted by atomic mass is 10.1. The second-order valence-corrected chi connectivity index (χ2v) is 6.99. The molecule has 0 unspecified atom stereocenters. The van der Waals surface area contributed by atoms with Gasteiger partial charge in [0.2, 0.25) is 5.91 Å². The van der Waals surface area contributed by atoms with Crippen molar-refractivity contribution in [1.29, 1.82) is 0 Å². The number of thioether (sulfide) groups is 1. The van der Waals surface area contributed by atoms with Crippen LogP contribution in [-0.2, 0) is 11.0 Å². The predicted molar refractivity (Wildman–Crippen MR) is 82.2 cm³/mol.